The Bertz CT molecular complexity index is 705. The molecule has 1 aromatic carbocycles. The molecular weight excluding hydrogens is 268 g/mol. The van der Waals surface area contributed by atoms with Gasteiger partial charge in [0.1, 0.15) is 0 Å². The van der Waals surface area contributed by atoms with Gasteiger partial charge in [-0.25, -0.2) is 0 Å². The Morgan fingerprint density at radius 1 is 1.38 bits per heavy atom. The van der Waals surface area contributed by atoms with Gasteiger partial charge in [0.25, 0.3) is 0 Å². The van der Waals surface area contributed by atoms with Crippen molar-refractivity contribution in [1.29, 1.82) is 0 Å². The molecule has 1 heterocycles. The van der Waals surface area contributed by atoms with Gasteiger partial charge in [-0.1, -0.05) is 12.1 Å². The summed E-state index contributed by atoms with van der Waals surface area (Å²) in [5, 5.41) is 12.9. The monoisotopic (exact) mass is 286 g/mol. The van der Waals surface area contributed by atoms with Crippen LogP contribution in [-0.4, -0.2) is 28.5 Å². The number of hydrogen-bond donors (Lipinski definition) is 3. The molecule has 1 saturated carbocycles. The zero-order valence-corrected chi connectivity index (χ0v) is 11.8. The highest BCUT2D eigenvalue weighted by atomic mass is 16.4. The molecule has 0 bridgehead atoms. The van der Waals surface area contributed by atoms with Gasteiger partial charge in [0, 0.05) is 23.6 Å². The molecule has 1 aliphatic carbocycles. The third-order valence-corrected chi connectivity index (χ3v) is 4.13. The Morgan fingerprint density at radius 3 is 2.90 bits per heavy atom. The molecule has 5 nitrogen and oxygen atoms in total. The van der Waals surface area contributed by atoms with Crippen molar-refractivity contribution in [2.45, 2.75) is 19.8 Å². The Morgan fingerprint density at radius 2 is 2.19 bits per heavy atom. The summed E-state index contributed by atoms with van der Waals surface area (Å²) < 4.78 is 0. The third-order valence-electron chi connectivity index (χ3n) is 4.13. The maximum Gasteiger partial charge on any atom is 0.307 e. The highest BCUT2D eigenvalue weighted by molar-refractivity contribution is 5.89. The molecule has 1 fully saturated rings. The van der Waals surface area contributed by atoms with Crippen molar-refractivity contribution >= 4 is 22.8 Å². The highest BCUT2D eigenvalue weighted by Crippen LogP contribution is 2.38. The van der Waals surface area contributed by atoms with Crippen LogP contribution in [-0.2, 0) is 16.0 Å². The number of aryl methyl sites for hydroxylation is 1. The summed E-state index contributed by atoms with van der Waals surface area (Å²) in [4.78, 5) is 25.8. The number of amides is 1. The number of aromatic nitrogens is 1. The van der Waals surface area contributed by atoms with Crippen molar-refractivity contribution in [2.24, 2.45) is 11.8 Å². The minimum absolute atomic E-state index is 0.140. The second kappa shape index (κ2) is 5.24. The number of H-pyrrole nitrogens is 1. The summed E-state index contributed by atoms with van der Waals surface area (Å²) in [7, 11) is 0. The van der Waals surface area contributed by atoms with Crippen LogP contribution in [0.15, 0.2) is 24.4 Å². The van der Waals surface area contributed by atoms with Gasteiger partial charge in [0.05, 0.1) is 11.8 Å². The van der Waals surface area contributed by atoms with Crippen molar-refractivity contribution in [2.75, 3.05) is 6.54 Å². The number of carboxylic acids is 1. The summed E-state index contributed by atoms with van der Waals surface area (Å²) in [5.74, 6) is -1.84. The molecule has 3 rings (SSSR count). The normalized spacial score (nSPS) is 20.4. The predicted molar refractivity (Wildman–Crippen MR) is 79.0 cm³/mol. The number of carboxylic acid groups (broad SMARTS) is 1. The van der Waals surface area contributed by atoms with E-state index >= 15 is 0 Å². The van der Waals surface area contributed by atoms with E-state index < -0.39 is 11.9 Å². The molecular formula is C16H18N2O3. The van der Waals surface area contributed by atoms with E-state index in [1.54, 1.807) is 0 Å². The average molecular weight is 286 g/mol. The van der Waals surface area contributed by atoms with Crippen molar-refractivity contribution < 1.29 is 14.7 Å². The Kier molecular flexibility index (Phi) is 3.41. The Labute approximate surface area is 122 Å². The number of hydrogen-bond acceptors (Lipinski definition) is 2. The maximum absolute atomic E-state index is 11.8. The van der Waals surface area contributed by atoms with E-state index in [0.29, 0.717) is 13.0 Å². The van der Waals surface area contributed by atoms with Gasteiger partial charge in [-0.2, -0.15) is 0 Å². The molecule has 5 heteroatoms. The SMILES string of the molecule is Cc1cccc2[nH]cc(CCNC(=O)[C@H]3C[C@@H]3C(=O)O)c12. The molecule has 3 N–H and O–H groups in total. The van der Waals surface area contributed by atoms with E-state index in [1.165, 1.54) is 16.5 Å². The first-order valence-corrected chi connectivity index (χ1v) is 7.14. The first-order valence-electron chi connectivity index (χ1n) is 7.14. The van der Waals surface area contributed by atoms with E-state index in [9.17, 15) is 9.59 Å². The first-order chi connectivity index (χ1) is 10.1. The molecule has 1 aliphatic rings. The smallest absolute Gasteiger partial charge is 0.307 e. The van der Waals surface area contributed by atoms with Gasteiger partial charge >= 0.3 is 5.97 Å². The van der Waals surface area contributed by atoms with Crippen molar-refractivity contribution in [3.63, 3.8) is 0 Å². The maximum atomic E-state index is 11.8. The fourth-order valence-electron chi connectivity index (χ4n) is 2.86. The minimum Gasteiger partial charge on any atom is -0.481 e. The second-order valence-corrected chi connectivity index (χ2v) is 5.64. The quantitative estimate of drug-likeness (QED) is 0.784. The molecule has 0 saturated heterocycles. The van der Waals surface area contributed by atoms with Gasteiger partial charge in [-0.05, 0) is 37.0 Å². The zero-order valence-electron chi connectivity index (χ0n) is 11.8. The molecule has 110 valence electrons. The van der Waals surface area contributed by atoms with Crippen LogP contribution in [0.5, 0.6) is 0 Å². The van der Waals surface area contributed by atoms with Crippen LogP contribution in [0.4, 0.5) is 0 Å². The minimum atomic E-state index is -0.873. The van der Waals surface area contributed by atoms with Crippen molar-refractivity contribution in [3.8, 4) is 0 Å². The van der Waals surface area contributed by atoms with Gasteiger partial charge in [-0.3, -0.25) is 9.59 Å². The lowest BCUT2D eigenvalue weighted by atomic mass is 10.1. The summed E-state index contributed by atoms with van der Waals surface area (Å²) in [6.07, 6.45) is 3.18. The van der Waals surface area contributed by atoms with Crippen LogP contribution >= 0.6 is 0 Å². The van der Waals surface area contributed by atoms with E-state index in [0.717, 1.165) is 11.9 Å². The number of rotatable bonds is 5. The van der Waals surface area contributed by atoms with Crippen LogP contribution in [0.3, 0.4) is 0 Å². The molecule has 0 unspecified atom stereocenters. The molecule has 1 amide bonds. The van der Waals surface area contributed by atoms with Crippen LogP contribution < -0.4 is 5.32 Å². The topological polar surface area (TPSA) is 82.2 Å². The lowest BCUT2D eigenvalue weighted by Gasteiger charge is -2.05. The lowest BCUT2D eigenvalue weighted by molar-refractivity contribution is -0.140. The average Bonchev–Trinajstić information content (AvgIpc) is 3.15. The van der Waals surface area contributed by atoms with Crippen LogP contribution in [0.25, 0.3) is 10.9 Å². The number of benzene rings is 1. The number of aromatic amines is 1. The summed E-state index contributed by atoms with van der Waals surface area (Å²) in [5.41, 5.74) is 3.49. The number of aliphatic carboxylic acids is 1. The number of carbonyl (C=O) groups is 2. The second-order valence-electron chi connectivity index (χ2n) is 5.64. The lowest BCUT2D eigenvalue weighted by Crippen LogP contribution is -2.28. The molecule has 2 aromatic rings. The van der Waals surface area contributed by atoms with Crippen molar-refractivity contribution in [3.05, 3.63) is 35.5 Å². The Hall–Kier alpha value is -2.30. The fourth-order valence-corrected chi connectivity index (χ4v) is 2.86. The third kappa shape index (κ3) is 2.63. The predicted octanol–water partition coefficient (Wildman–Crippen LogP) is 1.86. The molecule has 0 spiro atoms. The van der Waals surface area contributed by atoms with E-state index in [2.05, 4.69) is 23.3 Å². The summed E-state index contributed by atoms with van der Waals surface area (Å²) in [6, 6.07) is 6.12. The number of nitrogens with one attached hydrogen (secondary N) is 2. The largest absolute Gasteiger partial charge is 0.481 e. The van der Waals surface area contributed by atoms with Gasteiger partial charge in [-0.15, -0.1) is 0 Å². The van der Waals surface area contributed by atoms with E-state index in [-0.39, 0.29) is 11.8 Å². The van der Waals surface area contributed by atoms with Crippen molar-refractivity contribution in [1.82, 2.24) is 10.3 Å². The van der Waals surface area contributed by atoms with Crippen LogP contribution in [0.2, 0.25) is 0 Å². The van der Waals surface area contributed by atoms with Crippen LogP contribution in [0.1, 0.15) is 17.5 Å². The summed E-state index contributed by atoms with van der Waals surface area (Å²) >= 11 is 0. The standard InChI is InChI=1S/C16H18N2O3/c1-9-3-2-4-13-14(9)10(8-18-13)5-6-17-15(19)11-7-12(11)16(20)21/h2-4,8,11-12,18H,5-7H2,1H3,(H,17,19)(H,20,21)/t11-,12-/m0/s1. The molecule has 2 atom stereocenters. The van der Waals surface area contributed by atoms with Gasteiger partial charge in [0.2, 0.25) is 5.91 Å². The first kappa shape index (κ1) is 13.7. The summed E-state index contributed by atoms with van der Waals surface area (Å²) in [6.45, 7) is 2.60. The molecule has 21 heavy (non-hydrogen) atoms. The fraction of sp³-hybridized carbons (Fsp3) is 0.375. The Balaban J connectivity index is 1.58. The van der Waals surface area contributed by atoms with Gasteiger partial charge < -0.3 is 15.4 Å². The zero-order chi connectivity index (χ0) is 15.0. The number of carbonyl (C=O) groups excluding carboxylic acids is 1. The molecule has 1 aromatic heterocycles. The highest BCUT2D eigenvalue weighted by Gasteiger charge is 2.48. The molecule has 0 aliphatic heterocycles. The van der Waals surface area contributed by atoms with Gasteiger partial charge in [0.15, 0.2) is 0 Å². The van der Waals surface area contributed by atoms with Crippen LogP contribution in [0, 0.1) is 18.8 Å². The van der Waals surface area contributed by atoms with E-state index in [4.69, 9.17) is 5.11 Å². The number of fused-ring (bicyclic) bond motifs is 1. The molecule has 0 radical (unpaired) electrons. The van der Waals surface area contributed by atoms with E-state index in [1.807, 2.05) is 18.3 Å².